The van der Waals surface area contributed by atoms with Crippen LogP contribution in [0.25, 0.3) is 245 Å². The van der Waals surface area contributed by atoms with Gasteiger partial charge in [0.1, 0.15) is 0 Å². The lowest BCUT2D eigenvalue weighted by molar-refractivity contribution is 0.661. The third-order valence-electron chi connectivity index (χ3n) is 26.9. The maximum absolute atomic E-state index is 5.26. The van der Waals surface area contributed by atoms with Gasteiger partial charge >= 0.3 is 0 Å². The van der Waals surface area contributed by atoms with Crippen LogP contribution in [0.2, 0.25) is 0 Å². The fourth-order valence-corrected chi connectivity index (χ4v) is 19.5. The predicted molar refractivity (Wildman–Crippen MR) is 576 cm³/mol. The Kier molecular flexibility index (Phi) is 21.8. The Morgan fingerprint density at radius 3 is 0.748 bits per heavy atom. The van der Waals surface area contributed by atoms with Crippen LogP contribution in [0.15, 0.2) is 491 Å². The molecule has 9 heteroatoms. The molecular weight excluding hydrogens is 1690 g/mol. The summed E-state index contributed by atoms with van der Waals surface area (Å²) in [4.78, 5) is 45.7. The molecule has 3 heterocycles. The lowest BCUT2D eigenvalue weighted by Gasteiger charge is -2.22. The molecule has 1 aliphatic rings. The van der Waals surface area contributed by atoms with Crippen LogP contribution in [0, 0.1) is 0 Å². The van der Waals surface area contributed by atoms with Crippen LogP contribution in [0.1, 0.15) is 25.0 Å². The molecule has 0 saturated heterocycles. The van der Waals surface area contributed by atoms with Crippen molar-refractivity contribution in [1.82, 2.24) is 44.9 Å². The van der Waals surface area contributed by atoms with Crippen LogP contribution in [0.4, 0.5) is 0 Å². The molecular formula is C130H87N9. The van der Waals surface area contributed by atoms with E-state index in [9.17, 15) is 0 Å². The maximum atomic E-state index is 5.26. The Morgan fingerprint density at radius 1 is 0.122 bits per heavy atom. The Hall–Kier alpha value is -18.3. The Labute approximate surface area is 805 Å². The monoisotopic (exact) mass is 1770 g/mol. The highest BCUT2D eigenvalue weighted by Gasteiger charge is 2.37. The zero-order valence-corrected chi connectivity index (χ0v) is 76.3. The summed E-state index contributed by atoms with van der Waals surface area (Å²) < 4.78 is 0. The largest absolute Gasteiger partial charge is 0.208 e. The summed E-state index contributed by atoms with van der Waals surface area (Å²) >= 11 is 0. The average molecular weight is 1780 g/mol. The van der Waals surface area contributed by atoms with E-state index in [1.54, 1.807) is 0 Å². The van der Waals surface area contributed by atoms with Crippen molar-refractivity contribution in [1.29, 1.82) is 0 Å². The van der Waals surface area contributed by atoms with E-state index in [0.717, 1.165) is 99.4 Å². The van der Waals surface area contributed by atoms with E-state index in [4.69, 9.17) is 44.9 Å². The molecule has 25 aromatic rings. The van der Waals surface area contributed by atoms with Gasteiger partial charge in [0, 0.05) is 55.5 Å². The van der Waals surface area contributed by atoms with Gasteiger partial charge in [-0.15, -0.1) is 0 Å². The predicted octanol–water partition coefficient (Wildman–Crippen LogP) is 33.3. The van der Waals surface area contributed by atoms with E-state index >= 15 is 0 Å². The molecule has 0 bridgehead atoms. The van der Waals surface area contributed by atoms with Crippen LogP contribution < -0.4 is 0 Å². The normalized spacial score (nSPS) is 11.9. The smallest absolute Gasteiger partial charge is 0.164 e. The first-order valence-electron chi connectivity index (χ1n) is 47.1. The first kappa shape index (κ1) is 83.7. The van der Waals surface area contributed by atoms with E-state index in [1.165, 1.54) is 104 Å². The van der Waals surface area contributed by atoms with Gasteiger partial charge in [-0.25, -0.2) is 44.9 Å². The zero-order chi connectivity index (χ0) is 92.7. The molecule has 0 spiro atoms. The Morgan fingerprint density at radius 2 is 0.345 bits per heavy atom. The number of rotatable bonds is 14. The molecule has 0 N–H and O–H groups in total. The van der Waals surface area contributed by atoms with Gasteiger partial charge in [0.15, 0.2) is 52.4 Å². The first-order valence-corrected chi connectivity index (χ1v) is 47.1. The second-order valence-corrected chi connectivity index (χ2v) is 36.0. The van der Waals surface area contributed by atoms with Gasteiger partial charge in [0.25, 0.3) is 0 Å². The van der Waals surface area contributed by atoms with Crippen molar-refractivity contribution in [3.63, 3.8) is 0 Å². The van der Waals surface area contributed by atoms with E-state index < -0.39 is 0 Å². The summed E-state index contributed by atoms with van der Waals surface area (Å²) in [6.07, 6.45) is 0. The van der Waals surface area contributed by atoms with Crippen LogP contribution in [0.5, 0.6) is 0 Å². The van der Waals surface area contributed by atoms with E-state index in [0.29, 0.717) is 52.4 Å². The zero-order valence-electron chi connectivity index (χ0n) is 76.3. The quantitative estimate of drug-likeness (QED) is 0.105. The molecule has 1 aliphatic carbocycles. The Bertz CT molecular complexity index is 9020. The minimum atomic E-state index is -0.175. The topological polar surface area (TPSA) is 116 Å². The van der Waals surface area contributed by atoms with Crippen LogP contribution in [0.3, 0.4) is 0 Å². The molecule has 0 atom stereocenters. The second kappa shape index (κ2) is 36.2. The van der Waals surface area contributed by atoms with Crippen molar-refractivity contribution in [2.45, 2.75) is 19.3 Å². The fourth-order valence-electron chi connectivity index (χ4n) is 19.5. The molecule has 0 fully saturated rings. The molecule has 22 aromatic carbocycles. The van der Waals surface area contributed by atoms with Crippen molar-refractivity contribution in [3.05, 3.63) is 503 Å². The third-order valence-corrected chi connectivity index (χ3v) is 26.9. The molecule has 3 aromatic heterocycles. The molecule has 0 aliphatic heterocycles. The van der Waals surface area contributed by atoms with Crippen molar-refractivity contribution < 1.29 is 0 Å². The van der Waals surface area contributed by atoms with Crippen LogP contribution >= 0.6 is 0 Å². The highest BCUT2D eigenvalue weighted by Crippen LogP contribution is 2.52. The first-order chi connectivity index (χ1) is 68.5. The molecule has 0 radical (unpaired) electrons. The van der Waals surface area contributed by atoms with Crippen LogP contribution in [-0.2, 0) is 5.41 Å². The second-order valence-electron chi connectivity index (χ2n) is 36.0. The van der Waals surface area contributed by atoms with Crippen molar-refractivity contribution in [2.75, 3.05) is 0 Å². The van der Waals surface area contributed by atoms with Crippen LogP contribution in [-0.4, -0.2) is 44.9 Å². The summed E-state index contributed by atoms with van der Waals surface area (Å²) in [5, 5.41) is 16.7. The third kappa shape index (κ3) is 16.8. The number of aromatic nitrogens is 9. The highest BCUT2D eigenvalue weighted by atomic mass is 15.1. The van der Waals surface area contributed by atoms with E-state index in [-0.39, 0.29) is 5.41 Å². The van der Waals surface area contributed by atoms with Gasteiger partial charge in [-0.2, -0.15) is 0 Å². The van der Waals surface area contributed by atoms with Gasteiger partial charge in [-0.05, 0) is 214 Å². The minimum absolute atomic E-state index is 0.175. The lowest BCUT2D eigenvalue weighted by Crippen LogP contribution is -2.15. The minimum Gasteiger partial charge on any atom is -0.208 e. The summed E-state index contributed by atoms with van der Waals surface area (Å²) in [5.41, 5.74) is 25.3. The summed E-state index contributed by atoms with van der Waals surface area (Å²) in [6, 6.07) is 173. The van der Waals surface area contributed by atoms with Gasteiger partial charge in [-0.3, -0.25) is 0 Å². The Balaban J connectivity index is 0.000000114. The number of hydrogen-bond donors (Lipinski definition) is 0. The van der Waals surface area contributed by atoms with E-state index in [1.807, 2.05) is 12.1 Å². The van der Waals surface area contributed by atoms with Crippen molar-refractivity contribution in [3.8, 4) is 169 Å². The molecule has 26 rings (SSSR count). The molecule has 652 valence electrons. The number of nitrogens with zero attached hydrogens (tertiary/aromatic N) is 9. The lowest BCUT2D eigenvalue weighted by atomic mass is 9.81. The highest BCUT2D eigenvalue weighted by molar-refractivity contribution is 6.05. The summed E-state index contributed by atoms with van der Waals surface area (Å²) in [6.45, 7) is 4.66. The summed E-state index contributed by atoms with van der Waals surface area (Å²) in [7, 11) is 0. The number of benzene rings is 22. The molecule has 0 amide bonds. The molecule has 0 unspecified atom stereocenters. The van der Waals surface area contributed by atoms with Gasteiger partial charge in [0.2, 0.25) is 0 Å². The summed E-state index contributed by atoms with van der Waals surface area (Å²) in [5.74, 6) is 5.88. The molecule has 9 nitrogen and oxygen atoms in total. The molecule has 139 heavy (non-hydrogen) atoms. The van der Waals surface area contributed by atoms with Gasteiger partial charge in [-0.1, -0.05) is 445 Å². The fraction of sp³-hybridized carbons (Fsp3) is 0.0231. The van der Waals surface area contributed by atoms with E-state index in [2.05, 4.69) is 493 Å². The van der Waals surface area contributed by atoms with Gasteiger partial charge < -0.3 is 0 Å². The van der Waals surface area contributed by atoms with Crippen molar-refractivity contribution >= 4 is 75.4 Å². The SMILES string of the molecule is CC1(C)c2cc(-c3nc(-c4ccc5ccccc5c4)nc(-c4ccc(-c5ccccc5)c5ccccc45)n3)ccc2-c2cc3ccccc3cc21.c1ccc(-c2ccc(-c3nc(-c4ccc(-c5ccc6ccccc6c5)cc4)nc(-c4ccc5ccccc5c4)n3)cc2)cc1.c1ccc(-c2ccc(-c3nc(-c4cccc(-c5ccc6ccccc6c5)c4)nc(-c4ccc5ccccc5c4)n3)cc2)cc1. The average Bonchev–Trinajstić information content (AvgIpc) is 1.56. The van der Waals surface area contributed by atoms with Gasteiger partial charge in [0.05, 0.1) is 0 Å². The standard InChI is InChI=1S/C48H33N3.2C41H27N3/c1-48(2)43-29-36(22-23-40(43)42-27-33-16-8-9-17-34(33)28-44(42)48)46-49-45(35-21-20-30-12-6-7-15-32(30)26-35)50-47(51-46)41-25-24-37(31-13-4-3-5-14-31)38-18-10-11-19-39(38)41;1-2-9-28(10-3-1)31-17-21-32(22-18-31)39-42-40(44-41(43-39)38-24-20-30-12-5-7-14-34(30)26-38)37-16-8-15-35(27-37)36-23-19-29-11-4-6-13-33(29)25-36;1-2-8-28(9-3-1)31-14-20-33(21-15-31)39-42-40(44-41(43-39)38-25-19-30-11-5-7-13-36(30)27-38)34-22-16-32(17-23-34)37-24-18-29-10-4-6-12-35(29)26-37/h3-29H,1-2H3;2*1-27H. The van der Waals surface area contributed by atoms with Crippen molar-refractivity contribution in [2.24, 2.45) is 0 Å². The number of fused-ring (bicyclic) bond motifs is 10. The maximum Gasteiger partial charge on any atom is 0.164 e. The number of hydrogen-bond acceptors (Lipinski definition) is 9. The molecule has 0 saturated carbocycles.